The monoisotopic (exact) mass is 360 g/mol. The summed E-state index contributed by atoms with van der Waals surface area (Å²) in [5, 5.41) is 3.19. The predicted octanol–water partition coefficient (Wildman–Crippen LogP) is 4.09. The zero-order chi connectivity index (χ0) is 18.1. The smallest absolute Gasteiger partial charge is 0.420 e. The van der Waals surface area contributed by atoms with Gasteiger partial charge in [-0.2, -0.15) is 0 Å². The molecule has 0 aliphatic carbocycles. The van der Waals surface area contributed by atoms with Gasteiger partial charge in [-0.05, 0) is 44.2 Å². The number of oxazole rings is 1. The molecule has 3 aromatic rings. The fourth-order valence-electron chi connectivity index (χ4n) is 2.66. The predicted molar refractivity (Wildman–Crippen MR) is 96.8 cm³/mol. The van der Waals surface area contributed by atoms with E-state index >= 15 is 0 Å². The quantitative estimate of drug-likeness (QED) is 0.760. The van der Waals surface area contributed by atoms with Gasteiger partial charge in [0.2, 0.25) is 0 Å². The lowest BCUT2D eigenvalue weighted by atomic mass is 10.1. The van der Waals surface area contributed by atoms with Gasteiger partial charge in [-0.15, -0.1) is 0 Å². The Labute approximate surface area is 149 Å². The van der Waals surface area contributed by atoms with Gasteiger partial charge >= 0.3 is 5.76 Å². The summed E-state index contributed by atoms with van der Waals surface area (Å²) in [4.78, 5) is 24.4. The van der Waals surface area contributed by atoms with Gasteiger partial charge < -0.3 is 14.5 Å². The average Bonchev–Trinajstić information content (AvgIpc) is 2.89. The van der Waals surface area contributed by atoms with E-state index in [1.54, 1.807) is 34.9 Å². The number of carbonyl (C=O) groups is 1. The zero-order valence-corrected chi connectivity index (χ0v) is 14.8. The van der Waals surface area contributed by atoms with Crippen LogP contribution in [0.25, 0.3) is 11.1 Å². The van der Waals surface area contributed by atoms with Crippen LogP contribution in [0, 0.1) is 0 Å². The number of amides is 1. The molecule has 1 heterocycles. The van der Waals surface area contributed by atoms with Gasteiger partial charge in [-0.25, -0.2) is 4.79 Å². The second-order valence-electron chi connectivity index (χ2n) is 5.81. The molecule has 3 rings (SSSR count). The summed E-state index contributed by atoms with van der Waals surface area (Å²) >= 11 is 5.96. The number of fused-ring (bicyclic) bond motifs is 1. The second-order valence-corrected chi connectivity index (χ2v) is 6.25. The average molecular weight is 361 g/mol. The molecule has 0 spiro atoms. The first kappa shape index (κ1) is 17.1. The highest BCUT2D eigenvalue weighted by Gasteiger charge is 2.16. The van der Waals surface area contributed by atoms with E-state index in [9.17, 15) is 9.59 Å². The van der Waals surface area contributed by atoms with Crippen LogP contribution < -0.4 is 15.8 Å². The van der Waals surface area contributed by atoms with Crippen LogP contribution in [-0.2, 0) is 0 Å². The molecule has 0 unspecified atom stereocenters. The lowest BCUT2D eigenvalue weighted by Crippen LogP contribution is -2.16. The van der Waals surface area contributed by atoms with Gasteiger partial charge in [0.25, 0.3) is 5.91 Å². The summed E-state index contributed by atoms with van der Waals surface area (Å²) in [5.41, 5.74) is 1.91. The summed E-state index contributed by atoms with van der Waals surface area (Å²) in [6, 6.07) is 9.85. The number of ether oxygens (including phenoxy) is 1. The van der Waals surface area contributed by atoms with Crippen LogP contribution in [0.15, 0.2) is 45.6 Å². The van der Waals surface area contributed by atoms with Crippen LogP contribution in [0.2, 0.25) is 5.02 Å². The maximum absolute atomic E-state index is 12.5. The number of hydrogen-bond acceptors (Lipinski definition) is 4. The summed E-state index contributed by atoms with van der Waals surface area (Å²) < 4.78 is 12.0. The SMILES string of the molecule is COc1ccc(Cl)cc1C(=O)Nc1ccc2c(c1)oc(=O)n2C(C)C. The molecule has 0 aliphatic heterocycles. The number of hydrogen-bond donors (Lipinski definition) is 1. The molecule has 0 fully saturated rings. The topological polar surface area (TPSA) is 73.5 Å². The maximum atomic E-state index is 12.5. The molecule has 0 saturated carbocycles. The van der Waals surface area contributed by atoms with E-state index in [0.717, 1.165) is 0 Å². The number of halogens is 1. The van der Waals surface area contributed by atoms with Crippen molar-refractivity contribution in [1.29, 1.82) is 0 Å². The normalized spacial score (nSPS) is 11.1. The molecular formula is C18H17ClN2O4. The van der Waals surface area contributed by atoms with Crippen LogP contribution in [-0.4, -0.2) is 17.6 Å². The summed E-state index contributed by atoms with van der Waals surface area (Å²) in [7, 11) is 1.48. The molecule has 25 heavy (non-hydrogen) atoms. The van der Waals surface area contributed by atoms with Crippen molar-refractivity contribution in [3.8, 4) is 5.75 Å². The minimum atomic E-state index is -0.426. The lowest BCUT2D eigenvalue weighted by molar-refractivity contribution is 0.102. The standard InChI is InChI=1S/C18H17ClN2O4/c1-10(2)21-14-6-5-12(9-16(14)25-18(21)23)20-17(22)13-8-11(19)4-7-15(13)24-3/h4-10H,1-3H3,(H,20,22). The lowest BCUT2D eigenvalue weighted by Gasteiger charge is -2.10. The van der Waals surface area contributed by atoms with E-state index in [-0.39, 0.29) is 11.9 Å². The Balaban J connectivity index is 1.95. The third-order valence-electron chi connectivity index (χ3n) is 3.79. The first-order valence-corrected chi connectivity index (χ1v) is 8.08. The Morgan fingerprint density at radius 1 is 1.24 bits per heavy atom. The second kappa shape index (κ2) is 6.64. The van der Waals surface area contributed by atoms with Crippen LogP contribution in [0.4, 0.5) is 5.69 Å². The van der Waals surface area contributed by atoms with Gasteiger partial charge in [-0.3, -0.25) is 9.36 Å². The highest BCUT2D eigenvalue weighted by atomic mass is 35.5. The van der Waals surface area contributed by atoms with Crippen molar-refractivity contribution in [2.75, 3.05) is 12.4 Å². The minimum absolute atomic E-state index is 0.0232. The van der Waals surface area contributed by atoms with Crippen molar-refractivity contribution in [1.82, 2.24) is 4.57 Å². The van der Waals surface area contributed by atoms with Crippen molar-refractivity contribution in [3.63, 3.8) is 0 Å². The molecule has 6 nitrogen and oxygen atoms in total. The molecule has 7 heteroatoms. The maximum Gasteiger partial charge on any atom is 0.420 e. The van der Waals surface area contributed by atoms with E-state index in [2.05, 4.69) is 5.32 Å². The molecule has 0 atom stereocenters. The number of rotatable bonds is 4. The first-order valence-electron chi connectivity index (χ1n) is 7.70. The fourth-order valence-corrected chi connectivity index (χ4v) is 2.83. The number of aromatic nitrogens is 1. The molecule has 0 aliphatic rings. The Bertz CT molecular complexity index is 1000. The third-order valence-corrected chi connectivity index (χ3v) is 4.03. The van der Waals surface area contributed by atoms with Crippen molar-refractivity contribution in [3.05, 3.63) is 57.5 Å². The van der Waals surface area contributed by atoms with E-state index in [0.29, 0.717) is 33.1 Å². The van der Waals surface area contributed by atoms with Gasteiger partial charge in [0.05, 0.1) is 18.2 Å². The molecule has 1 aromatic heterocycles. The Hall–Kier alpha value is -2.73. The molecular weight excluding hydrogens is 344 g/mol. The van der Waals surface area contributed by atoms with Crippen LogP contribution in [0.5, 0.6) is 5.75 Å². The first-order chi connectivity index (χ1) is 11.9. The molecule has 0 radical (unpaired) electrons. The Kier molecular flexibility index (Phi) is 4.55. The van der Waals surface area contributed by atoms with Gasteiger partial charge in [0, 0.05) is 22.8 Å². The van der Waals surface area contributed by atoms with Crippen molar-refractivity contribution in [2.24, 2.45) is 0 Å². The summed E-state index contributed by atoms with van der Waals surface area (Å²) in [6.07, 6.45) is 0. The molecule has 0 bridgehead atoms. The number of nitrogens with one attached hydrogen (secondary N) is 1. The number of methoxy groups -OCH3 is 1. The van der Waals surface area contributed by atoms with Crippen LogP contribution in [0.1, 0.15) is 30.2 Å². The van der Waals surface area contributed by atoms with Gasteiger partial charge in [0.1, 0.15) is 5.75 Å². The van der Waals surface area contributed by atoms with Crippen molar-refractivity contribution < 1.29 is 13.9 Å². The number of carbonyl (C=O) groups excluding carboxylic acids is 1. The molecule has 1 N–H and O–H groups in total. The van der Waals surface area contributed by atoms with Crippen LogP contribution >= 0.6 is 11.6 Å². The Morgan fingerprint density at radius 3 is 2.68 bits per heavy atom. The van der Waals surface area contributed by atoms with E-state index in [4.69, 9.17) is 20.8 Å². The number of anilines is 1. The number of benzene rings is 2. The Morgan fingerprint density at radius 2 is 2.00 bits per heavy atom. The summed E-state index contributed by atoms with van der Waals surface area (Å²) in [6.45, 7) is 3.80. The van der Waals surface area contributed by atoms with Crippen molar-refractivity contribution in [2.45, 2.75) is 19.9 Å². The number of nitrogens with zero attached hydrogens (tertiary/aromatic N) is 1. The largest absolute Gasteiger partial charge is 0.496 e. The van der Waals surface area contributed by atoms with E-state index in [1.165, 1.54) is 13.2 Å². The molecule has 2 aromatic carbocycles. The molecule has 0 saturated heterocycles. The fraction of sp³-hybridized carbons (Fsp3) is 0.222. The highest BCUT2D eigenvalue weighted by molar-refractivity contribution is 6.31. The van der Waals surface area contributed by atoms with Crippen LogP contribution in [0.3, 0.4) is 0 Å². The van der Waals surface area contributed by atoms with Gasteiger partial charge in [0.15, 0.2) is 5.58 Å². The van der Waals surface area contributed by atoms with Gasteiger partial charge in [-0.1, -0.05) is 11.6 Å². The third kappa shape index (κ3) is 3.25. The molecule has 130 valence electrons. The minimum Gasteiger partial charge on any atom is -0.496 e. The molecule has 1 amide bonds. The van der Waals surface area contributed by atoms with E-state index < -0.39 is 5.76 Å². The summed E-state index contributed by atoms with van der Waals surface area (Å²) in [5.74, 6) is -0.380. The van der Waals surface area contributed by atoms with E-state index in [1.807, 2.05) is 13.8 Å². The zero-order valence-electron chi connectivity index (χ0n) is 14.0. The van der Waals surface area contributed by atoms with Crippen molar-refractivity contribution >= 4 is 34.3 Å². The highest BCUT2D eigenvalue weighted by Crippen LogP contribution is 2.25.